The van der Waals surface area contributed by atoms with Crippen molar-refractivity contribution in [2.75, 3.05) is 6.54 Å². The van der Waals surface area contributed by atoms with Crippen LogP contribution in [-0.2, 0) is 6.18 Å². The van der Waals surface area contributed by atoms with Gasteiger partial charge in [-0.15, -0.1) is 0 Å². The predicted octanol–water partition coefficient (Wildman–Crippen LogP) is 2.55. The molecule has 0 aromatic carbocycles. The Hall–Kier alpha value is -2.26. The first-order chi connectivity index (χ1) is 8.04. The maximum atomic E-state index is 12.1. The fraction of sp³-hybridized carbons (Fsp3) is 0.333. The van der Waals surface area contributed by atoms with Gasteiger partial charge in [0.25, 0.3) is 0 Å². The second kappa shape index (κ2) is 5.72. The first-order valence-electron chi connectivity index (χ1n) is 4.43. The minimum absolute atomic E-state index is 0.213. The average Bonchev–Trinajstić information content (AvgIpc) is 2.28. The highest BCUT2D eigenvalue weighted by Gasteiger charge is 2.34. The molecule has 0 aliphatic heterocycles. The quantitative estimate of drug-likeness (QED) is 0.262. The Morgan fingerprint density at radius 3 is 2.53 bits per heavy atom. The molecule has 0 saturated heterocycles. The predicted molar refractivity (Wildman–Crippen MR) is 52.5 cm³/mol. The molecule has 0 atom stereocenters. The monoisotopic (exact) mass is 241 g/mol. The third-order valence-corrected chi connectivity index (χ3v) is 1.54. The maximum Gasteiger partial charge on any atom is 0.451 e. The highest BCUT2D eigenvalue weighted by atomic mass is 19.4. The van der Waals surface area contributed by atoms with Gasteiger partial charge < -0.3 is 0 Å². The third kappa shape index (κ3) is 4.40. The zero-order chi connectivity index (χ0) is 12.7. The topological polar surface area (TPSA) is 74.5 Å². The maximum absolute atomic E-state index is 12.1. The van der Waals surface area contributed by atoms with Crippen LogP contribution in [0.25, 0.3) is 10.4 Å². The van der Waals surface area contributed by atoms with E-state index in [1.165, 1.54) is 0 Å². The van der Waals surface area contributed by atoms with Crippen LogP contribution >= 0.6 is 0 Å². The summed E-state index contributed by atoms with van der Waals surface area (Å²) in [5.41, 5.74) is 8.25. The van der Waals surface area contributed by atoms with Gasteiger partial charge in [-0.1, -0.05) is 17.0 Å². The number of rotatable bonds is 2. The van der Waals surface area contributed by atoms with Crippen LogP contribution in [-0.4, -0.2) is 16.5 Å². The van der Waals surface area contributed by atoms with E-state index in [1.807, 2.05) is 0 Å². The van der Waals surface area contributed by atoms with Crippen molar-refractivity contribution in [1.82, 2.24) is 9.97 Å². The lowest BCUT2D eigenvalue weighted by atomic mass is 10.3. The van der Waals surface area contributed by atoms with Gasteiger partial charge in [0, 0.05) is 30.3 Å². The number of halogens is 3. The first kappa shape index (κ1) is 12.8. The van der Waals surface area contributed by atoms with Gasteiger partial charge in [0.05, 0.1) is 5.56 Å². The highest BCUT2D eigenvalue weighted by molar-refractivity contribution is 5.29. The van der Waals surface area contributed by atoms with E-state index in [4.69, 9.17) is 5.53 Å². The molecule has 8 heteroatoms. The van der Waals surface area contributed by atoms with E-state index in [-0.39, 0.29) is 12.1 Å². The van der Waals surface area contributed by atoms with Gasteiger partial charge in [-0.25, -0.2) is 9.97 Å². The van der Waals surface area contributed by atoms with Crippen LogP contribution in [0.1, 0.15) is 17.8 Å². The molecule has 0 amide bonds. The summed E-state index contributed by atoms with van der Waals surface area (Å²) in [6, 6.07) is 0. The fourth-order valence-corrected chi connectivity index (χ4v) is 0.854. The van der Waals surface area contributed by atoms with Gasteiger partial charge in [-0.2, -0.15) is 13.2 Å². The Labute approximate surface area is 94.3 Å². The normalized spacial score (nSPS) is 10.1. The molecule has 1 aromatic heterocycles. The van der Waals surface area contributed by atoms with Gasteiger partial charge in [0.15, 0.2) is 0 Å². The largest absolute Gasteiger partial charge is 0.451 e. The van der Waals surface area contributed by atoms with E-state index in [2.05, 4.69) is 31.8 Å². The first-order valence-corrected chi connectivity index (χ1v) is 4.43. The number of alkyl halides is 3. The van der Waals surface area contributed by atoms with Crippen molar-refractivity contribution in [2.24, 2.45) is 5.11 Å². The number of hydrogen-bond acceptors (Lipinski definition) is 3. The smallest absolute Gasteiger partial charge is 0.232 e. The molecule has 0 bridgehead atoms. The van der Waals surface area contributed by atoms with Gasteiger partial charge in [0.2, 0.25) is 5.82 Å². The van der Waals surface area contributed by atoms with Crippen LogP contribution in [0, 0.1) is 11.8 Å². The molecule has 17 heavy (non-hydrogen) atoms. The number of hydrogen-bond donors (Lipinski definition) is 0. The number of aromatic nitrogens is 2. The average molecular weight is 241 g/mol. The summed E-state index contributed by atoms with van der Waals surface area (Å²) in [4.78, 5) is 8.82. The zero-order valence-corrected chi connectivity index (χ0v) is 8.44. The summed E-state index contributed by atoms with van der Waals surface area (Å²) in [7, 11) is 0. The van der Waals surface area contributed by atoms with Crippen molar-refractivity contribution in [1.29, 1.82) is 0 Å². The molecular formula is C9H6F3N5. The highest BCUT2D eigenvalue weighted by Crippen LogP contribution is 2.25. The summed E-state index contributed by atoms with van der Waals surface area (Å²) in [5, 5.41) is 3.25. The second-order valence-corrected chi connectivity index (χ2v) is 2.80. The Bertz CT molecular complexity index is 476. The zero-order valence-electron chi connectivity index (χ0n) is 8.44. The molecule has 1 heterocycles. The Morgan fingerprint density at radius 2 is 2.00 bits per heavy atom. The van der Waals surface area contributed by atoms with E-state index >= 15 is 0 Å². The summed E-state index contributed by atoms with van der Waals surface area (Å²) in [6.45, 7) is 0.213. The van der Waals surface area contributed by atoms with E-state index in [0.29, 0.717) is 6.42 Å². The molecule has 0 N–H and O–H groups in total. The lowest BCUT2D eigenvalue weighted by Crippen LogP contribution is -2.10. The lowest BCUT2D eigenvalue weighted by molar-refractivity contribution is -0.145. The van der Waals surface area contributed by atoms with E-state index in [9.17, 15) is 13.2 Å². The molecule has 1 rings (SSSR count). The van der Waals surface area contributed by atoms with Gasteiger partial charge in [-0.3, -0.25) is 0 Å². The van der Waals surface area contributed by atoms with Gasteiger partial charge >= 0.3 is 6.18 Å². The summed E-state index contributed by atoms with van der Waals surface area (Å²) < 4.78 is 36.3. The Balaban J connectivity index is 2.65. The lowest BCUT2D eigenvalue weighted by Gasteiger charge is -2.02. The summed E-state index contributed by atoms with van der Waals surface area (Å²) in [5.74, 6) is 3.98. The van der Waals surface area contributed by atoms with Crippen LogP contribution in [0.4, 0.5) is 13.2 Å². The molecular weight excluding hydrogens is 235 g/mol. The fourth-order valence-electron chi connectivity index (χ4n) is 0.854. The molecule has 0 unspecified atom stereocenters. The minimum Gasteiger partial charge on any atom is -0.232 e. The SMILES string of the molecule is [N-]=[N+]=NCCC#Cc1cnc(C(F)(F)F)nc1. The molecule has 0 fully saturated rings. The number of azide groups is 1. The van der Waals surface area contributed by atoms with Crippen molar-refractivity contribution in [2.45, 2.75) is 12.6 Å². The minimum atomic E-state index is -4.55. The Morgan fingerprint density at radius 1 is 1.35 bits per heavy atom. The van der Waals surface area contributed by atoms with Crippen LogP contribution in [0.15, 0.2) is 17.5 Å². The molecule has 0 radical (unpaired) electrons. The van der Waals surface area contributed by atoms with Gasteiger partial charge in [0.1, 0.15) is 0 Å². The molecule has 88 valence electrons. The number of nitrogens with zero attached hydrogens (tertiary/aromatic N) is 5. The summed E-state index contributed by atoms with van der Waals surface area (Å²) >= 11 is 0. The van der Waals surface area contributed by atoms with Crippen LogP contribution in [0.5, 0.6) is 0 Å². The molecule has 0 aliphatic carbocycles. The van der Waals surface area contributed by atoms with E-state index < -0.39 is 12.0 Å². The molecule has 0 aliphatic rings. The summed E-state index contributed by atoms with van der Waals surface area (Å²) in [6.07, 6.45) is -2.23. The van der Waals surface area contributed by atoms with Crippen molar-refractivity contribution < 1.29 is 13.2 Å². The third-order valence-electron chi connectivity index (χ3n) is 1.54. The van der Waals surface area contributed by atoms with Crippen molar-refractivity contribution in [3.05, 3.63) is 34.2 Å². The molecule has 5 nitrogen and oxygen atoms in total. The van der Waals surface area contributed by atoms with Crippen LogP contribution in [0.2, 0.25) is 0 Å². The standard InChI is InChI=1S/C9H6F3N5/c10-9(11,12)8-14-5-7(6-15-8)3-1-2-4-16-17-13/h5-6H,2,4H2. The van der Waals surface area contributed by atoms with E-state index in [0.717, 1.165) is 12.4 Å². The molecule has 0 spiro atoms. The van der Waals surface area contributed by atoms with Crippen LogP contribution in [0.3, 0.4) is 0 Å². The molecule has 1 aromatic rings. The van der Waals surface area contributed by atoms with Crippen LogP contribution < -0.4 is 0 Å². The van der Waals surface area contributed by atoms with Crippen molar-refractivity contribution in [3.63, 3.8) is 0 Å². The Kier molecular flexibility index (Phi) is 4.31. The van der Waals surface area contributed by atoms with Crippen molar-refractivity contribution in [3.8, 4) is 11.8 Å². The second-order valence-electron chi connectivity index (χ2n) is 2.80. The van der Waals surface area contributed by atoms with Gasteiger partial charge in [-0.05, 0) is 5.53 Å². The van der Waals surface area contributed by atoms with Crippen molar-refractivity contribution >= 4 is 0 Å². The molecule has 0 saturated carbocycles. The van der Waals surface area contributed by atoms with E-state index in [1.54, 1.807) is 0 Å².